The summed E-state index contributed by atoms with van der Waals surface area (Å²) in [5.41, 5.74) is 6.76. The number of aromatic nitrogens is 4. The molecular weight excluding hydrogens is 260 g/mol. The van der Waals surface area contributed by atoms with Crippen LogP contribution in [0, 0.1) is 0 Å². The average Bonchev–Trinajstić information content (AvgIpc) is 2.93. The van der Waals surface area contributed by atoms with Crippen LogP contribution in [0.15, 0.2) is 24.5 Å². The molecule has 2 aromatic heterocycles. The maximum absolute atomic E-state index is 11.1. The molecule has 0 spiro atoms. The molecule has 0 saturated heterocycles. The second-order valence-corrected chi connectivity index (χ2v) is 4.06. The molecule has 0 bridgehead atoms. The van der Waals surface area contributed by atoms with Crippen LogP contribution in [0.4, 0.5) is 0 Å². The van der Waals surface area contributed by atoms with Crippen molar-refractivity contribution in [3.63, 3.8) is 0 Å². The molecule has 0 aliphatic carbocycles. The molecule has 8 heteroatoms. The summed E-state index contributed by atoms with van der Waals surface area (Å²) < 4.78 is 6.83. The van der Waals surface area contributed by atoms with Crippen LogP contribution in [0.5, 0.6) is 5.88 Å². The number of nitrogens with one attached hydrogen (secondary N) is 1. The number of pyridine rings is 1. The molecule has 0 aromatic carbocycles. The van der Waals surface area contributed by atoms with Gasteiger partial charge in [-0.1, -0.05) is 11.3 Å². The quantitative estimate of drug-likeness (QED) is 0.722. The Kier molecular flexibility index (Phi) is 4.61. The van der Waals surface area contributed by atoms with E-state index in [2.05, 4.69) is 20.6 Å². The SMILES string of the molecule is COc1ncccc1Cn1cc(CNC(=O)CN)nn1. The molecule has 2 rings (SSSR count). The van der Waals surface area contributed by atoms with Crippen molar-refractivity contribution in [3.8, 4) is 5.88 Å². The molecule has 2 aromatic rings. The molecule has 0 saturated carbocycles. The van der Waals surface area contributed by atoms with E-state index in [9.17, 15) is 4.79 Å². The average molecular weight is 276 g/mol. The minimum atomic E-state index is -0.228. The smallest absolute Gasteiger partial charge is 0.234 e. The fourth-order valence-corrected chi connectivity index (χ4v) is 1.66. The van der Waals surface area contributed by atoms with Crippen molar-refractivity contribution >= 4 is 5.91 Å². The van der Waals surface area contributed by atoms with Crippen molar-refractivity contribution in [2.24, 2.45) is 5.73 Å². The Balaban J connectivity index is 2.00. The van der Waals surface area contributed by atoms with Gasteiger partial charge in [0.1, 0.15) is 5.69 Å². The third-order valence-electron chi connectivity index (χ3n) is 2.61. The van der Waals surface area contributed by atoms with E-state index < -0.39 is 0 Å². The van der Waals surface area contributed by atoms with E-state index in [0.29, 0.717) is 24.7 Å². The highest BCUT2D eigenvalue weighted by atomic mass is 16.5. The van der Waals surface area contributed by atoms with Gasteiger partial charge >= 0.3 is 0 Å². The number of methoxy groups -OCH3 is 1. The Bertz CT molecular complexity index is 583. The zero-order valence-corrected chi connectivity index (χ0v) is 11.1. The first kappa shape index (κ1) is 13.9. The summed E-state index contributed by atoms with van der Waals surface area (Å²) in [4.78, 5) is 15.2. The molecule has 0 fully saturated rings. The highest BCUT2D eigenvalue weighted by Gasteiger charge is 2.07. The van der Waals surface area contributed by atoms with E-state index in [1.165, 1.54) is 0 Å². The van der Waals surface area contributed by atoms with E-state index >= 15 is 0 Å². The number of ether oxygens (including phenoxy) is 1. The molecule has 20 heavy (non-hydrogen) atoms. The highest BCUT2D eigenvalue weighted by molar-refractivity contribution is 5.77. The van der Waals surface area contributed by atoms with Gasteiger partial charge in [-0.15, -0.1) is 5.10 Å². The van der Waals surface area contributed by atoms with Crippen molar-refractivity contribution < 1.29 is 9.53 Å². The molecule has 3 N–H and O–H groups in total. The van der Waals surface area contributed by atoms with Gasteiger partial charge in [-0.05, 0) is 6.07 Å². The van der Waals surface area contributed by atoms with Crippen molar-refractivity contribution in [2.45, 2.75) is 13.1 Å². The Morgan fingerprint density at radius 1 is 1.55 bits per heavy atom. The van der Waals surface area contributed by atoms with Gasteiger partial charge in [0.25, 0.3) is 0 Å². The van der Waals surface area contributed by atoms with E-state index in [1.54, 1.807) is 24.2 Å². The number of rotatable bonds is 6. The fraction of sp³-hybridized carbons (Fsp3) is 0.333. The van der Waals surface area contributed by atoms with E-state index in [0.717, 1.165) is 5.56 Å². The van der Waals surface area contributed by atoms with Gasteiger partial charge in [0.15, 0.2) is 0 Å². The normalized spacial score (nSPS) is 10.3. The second-order valence-electron chi connectivity index (χ2n) is 4.06. The van der Waals surface area contributed by atoms with Crippen LogP contribution in [-0.2, 0) is 17.9 Å². The van der Waals surface area contributed by atoms with Crippen molar-refractivity contribution in [1.29, 1.82) is 0 Å². The minimum absolute atomic E-state index is 0.0407. The number of carbonyl (C=O) groups excluding carboxylic acids is 1. The number of amides is 1. The van der Waals surface area contributed by atoms with Crippen molar-refractivity contribution in [3.05, 3.63) is 35.8 Å². The molecule has 0 atom stereocenters. The second kappa shape index (κ2) is 6.62. The molecule has 106 valence electrons. The van der Waals surface area contributed by atoms with E-state index in [4.69, 9.17) is 10.5 Å². The number of hydrogen-bond acceptors (Lipinski definition) is 6. The lowest BCUT2D eigenvalue weighted by molar-refractivity contribution is -0.119. The lowest BCUT2D eigenvalue weighted by Crippen LogP contribution is -2.29. The molecule has 0 aliphatic rings. The predicted molar refractivity (Wildman–Crippen MR) is 70.8 cm³/mol. The lowest BCUT2D eigenvalue weighted by Gasteiger charge is -2.05. The molecule has 1 amide bonds. The topological polar surface area (TPSA) is 108 Å². The molecule has 0 radical (unpaired) electrons. The van der Waals surface area contributed by atoms with Crippen molar-refractivity contribution in [1.82, 2.24) is 25.3 Å². The third-order valence-corrected chi connectivity index (χ3v) is 2.61. The molecule has 8 nitrogen and oxygen atoms in total. The maximum Gasteiger partial charge on any atom is 0.234 e. The summed E-state index contributed by atoms with van der Waals surface area (Å²) >= 11 is 0. The zero-order chi connectivity index (χ0) is 14.4. The van der Waals surface area contributed by atoms with Gasteiger partial charge in [0.2, 0.25) is 11.8 Å². The van der Waals surface area contributed by atoms with Gasteiger partial charge in [0.05, 0.1) is 32.9 Å². The minimum Gasteiger partial charge on any atom is -0.481 e. The lowest BCUT2D eigenvalue weighted by atomic mass is 10.3. The predicted octanol–water partition coefficient (Wildman–Crippen LogP) is -0.695. The standard InChI is InChI=1S/C12H16N6O2/c1-20-12-9(3-2-4-14-12)7-18-8-10(16-17-18)6-15-11(19)5-13/h2-4,8H,5-7,13H2,1H3,(H,15,19). The molecule has 2 heterocycles. The fourth-order valence-electron chi connectivity index (χ4n) is 1.66. The largest absolute Gasteiger partial charge is 0.481 e. The van der Waals surface area contributed by atoms with Crippen molar-refractivity contribution in [2.75, 3.05) is 13.7 Å². The molecule has 0 aliphatic heterocycles. The summed E-state index contributed by atoms with van der Waals surface area (Å²) in [6.45, 7) is 0.760. The van der Waals surface area contributed by atoms with Crippen LogP contribution in [0.25, 0.3) is 0 Å². The Morgan fingerprint density at radius 2 is 2.40 bits per heavy atom. The highest BCUT2D eigenvalue weighted by Crippen LogP contribution is 2.14. The summed E-state index contributed by atoms with van der Waals surface area (Å²) in [6.07, 6.45) is 3.42. The Hall–Kier alpha value is -2.48. The first-order valence-electron chi connectivity index (χ1n) is 6.06. The number of carbonyl (C=O) groups is 1. The van der Waals surface area contributed by atoms with Crippen LogP contribution in [0.3, 0.4) is 0 Å². The summed E-state index contributed by atoms with van der Waals surface area (Å²) in [6, 6.07) is 3.74. The van der Waals surface area contributed by atoms with Gasteiger partial charge < -0.3 is 15.8 Å². The number of hydrogen-bond donors (Lipinski definition) is 2. The summed E-state index contributed by atoms with van der Waals surface area (Å²) in [7, 11) is 1.57. The van der Waals surface area contributed by atoms with Crippen LogP contribution in [-0.4, -0.2) is 39.5 Å². The number of nitrogens with two attached hydrogens (primary N) is 1. The van der Waals surface area contributed by atoms with Gasteiger partial charge in [-0.25, -0.2) is 9.67 Å². The first-order chi connectivity index (χ1) is 9.72. The van der Waals surface area contributed by atoms with Crippen LogP contribution >= 0.6 is 0 Å². The van der Waals surface area contributed by atoms with Crippen LogP contribution in [0.2, 0.25) is 0 Å². The van der Waals surface area contributed by atoms with Crippen LogP contribution in [0.1, 0.15) is 11.3 Å². The monoisotopic (exact) mass is 276 g/mol. The van der Waals surface area contributed by atoms with E-state index in [1.807, 2.05) is 12.1 Å². The molecular formula is C12H16N6O2. The Morgan fingerprint density at radius 3 is 3.15 bits per heavy atom. The van der Waals surface area contributed by atoms with E-state index in [-0.39, 0.29) is 12.5 Å². The summed E-state index contributed by atoms with van der Waals surface area (Å²) in [5, 5.41) is 10.6. The van der Waals surface area contributed by atoms with Gasteiger partial charge in [0, 0.05) is 11.8 Å². The number of nitrogens with zero attached hydrogens (tertiary/aromatic N) is 4. The third kappa shape index (κ3) is 3.51. The van der Waals surface area contributed by atoms with Gasteiger partial charge in [-0.3, -0.25) is 4.79 Å². The van der Waals surface area contributed by atoms with Gasteiger partial charge in [-0.2, -0.15) is 0 Å². The zero-order valence-electron chi connectivity index (χ0n) is 11.1. The maximum atomic E-state index is 11.1. The molecule has 0 unspecified atom stereocenters. The van der Waals surface area contributed by atoms with Crippen LogP contribution < -0.4 is 15.8 Å². The summed E-state index contributed by atoms with van der Waals surface area (Å²) in [5.74, 6) is 0.328. The first-order valence-corrected chi connectivity index (χ1v) is 6.06. The Labute approximate surface area is 115 Å².